The third-order valence-corrected chi connectivity index (χ3v) is 6.38. The molecule has 3 aromatic rings. The molecule has 1 saturated heterocycles. The molecule has 1 aliphatic heterocycles. The summed E-state index contributed by atoms with van der Waals surface area (Å²) in [6, 6.07) is 17.6. The van der Waals surface area contributed by atoms with Crippen LogP contribution in [0.2, 0.25) is 0 Å². The SMILES string of the molecule is CCOC(=O)c1cccc(N2C(=O)C(=O)/C(=C(/O)c3ccc(OCC)cc3OCC)C2c2ccccc2C)c1. The highest BCUT2D eigenvalue weighted by Gasteiger charge is 2.47. The standard InChI is InChI=1S/C31H31NO7/c1-5-37-22-15-16-24(25(18-22)38-6-2)28(33)26-27(23-14-9-8-11-19(23)4)32(30(35)29(26)34)21-13-10-12-20(17-21)31(36)39-7-3/h8-18,27,33H,5-7H2,1-4H3/b28-26+. The molecule has 1 amide bonds. The summed E-state index contributed by atoms with van der Waals surface area (Å²) in [6.45, 7) is 8.19. The van der Waals surface area contributed by atoms with Crippen molar-refractivity contribution in [3.05, 3.63) is 94.6 Å². The maximum atomic E-state index is 13.6. The Morgan fingerprint density at radius 3 is 2.33 bits per heavy atom. The van der Waals surface area contributed by atoms with Crippen molar-refractivity contribution in [3.8, 4) is 11.5 Å². The molecule has 1 fully saturated rings. The molecule has 0 saturated carbocycles. The number of benzene rings is 3. The van der Waals surface area contributed by atoms with Crippen LogP contribution >= 0.6 is 0 Å². The molecule has 1 unspecified atom stereocenters. The average molecular weight is 530 g/mol. The highest BCUT2D eigenvalue weighted by atomic mass is 16.5. The van der Waals surface area contributed by atoms with Crippen molar-refractivity contribution >= 4 is 29.1 Å². The second kappa shape index (κ2) is 11.9. The van der Waals surface area contributed by atoms with Crippen LogP contribution in [0.4, 0.5) is 5.69 Å². The van der Waals surface area contributed by atoms with Gasteiger partial charge in [0.25, 0.3) is 11.7 Å². The Balaban J connectivity index is 1.94. The molecule has 202 valence electrons. The Kier molecular flexibility index (Phi) is 8.34. The predicted molar refractivity (Wildman–Crippen MR) is 147 cm³/mol. The Morgan fingerprint density at radius 1 is 0.897 bits per heavy atom. The zero-order chi connectivity index (χ0) is 28.1. The van der Waals surface area contributed by atoms with Crippen molar-refractivity contribution in [2.45, 2.75) is 33.7 Å². The van der Waals surface area contributed by atoms with Gasteiger partial charge < -0.3 is 19.3 Å². The fourth-order valence-corrected chi connectivity index (χ4v) is 4.66. The second-order valence-corrected chi connectivity index (χ2v) is 8.82. The van der Waals surface area contributed by atoms with Gasteiger partial charge in [0.1, 0.15) is 17.3 Å². The molecule has 4 rings (SSSR count). The minimum absolute atomic E-state index is 0.0825. The van der Waals surface area contributed by atoms with Gasteiger partial charge in [0.05, 0.1) is 42.6 Å². The molecule has 1 N–H and O–H groups in total. The quantitative estimate of drug-likeness (QED) is 0.167. The smallest absolute Gasteiger partial charge is 0.338 e. The lowest BCUT2D eigenvalue weighted by Crippen LogP contribution is -2.30. The van der Waals surface area contributed by atoms with Gasteiger partial charge in [-0.05, 0) is 69.2 Å². The molecule has 0 bridgehead atoms. The number of ketones is 1. The number of carbonyl (C=O) groups is 3. The fourth-order valence-electron chi connectivity index (χ4n) is 4.66. The highest BCUT2D eigenvalue weighted by Crippen LogP contribution is 2.44. The number of hydrogen-bond acceptors (Lipinski definition) is 7. The number of nitrogens with zero attached hydrogens (tertiary/aromatic N) is 1. The Labute approximate surface area is 227 Å². The van der Waals surface area contributed by atoms with E-state index >= 15 is 0 Å². The number of aliphatic hydroxyl groups is 1. The molecule has 0 radical (unpaired) electrons. The molecule has 1 aliphatic rings. The summed E-state index contributed by atoms with van der Waals surface area (Å²) in [5.74, 6) is -1.71. The second-order valence-electron chi connectivity index (χ2n) is 8.82. The summed E-state index contributed by atoms with van der Waals surface area (Å²) in [7, 11) is 0. The van der Waals surface area contributed by atoms with E-state index in [0.717, 1.165) is 5.56 Å². The number of carbonyl (C=O) groups excluding carboxylic acids is 3. The first kappa shape index (κ1) is 27.4. The zero-order valence-electron chi connectivity index (χ0n) is 22.4. The van der Waals surface area contributed by atoms with Crippen LogP contribution in [0.3, 0.4) is 0 Å². The molecule has 3 aromatic carbocycles. The van der Waals surface area contributed by atoms with E-state index in [4.69, 9.17) is 14.2 Å². The third kappa shape index (κ3) is 5.36. The van der Waals surface area contributed by atoms with Crippen LogP contribution in [-0.4, -0.2) is 42.6 Å². The number of aliphatic hydroxyl groups excluding tert-OH is 1. The van der Waals surface area contributed by atoms with Crippen molar-refractivity contribution < 1.29 is 33.7 Å². The lowest BCUT2D eigenvalue weighted by atomic mass is 9.92. The Morgan fingerprint density at radius 2 is 1.64 bits per heavy atom. The molecule has 0 aliphatic carbocycles. The minimum atomic E-state index is -0.954. The van der Waals surface area contributed by atoms with Gasteiger partial charge in [-0.25, -0.2) is 4.79 Å². The zero-order valence-corrected chi connectivity index (χ0v) is 22.4. The molecule has 1 heterocycles. The topological polar surface area (TPSA) is 102 Å². The maximum absolute atomic E-state index is 13.6. The lowest BCUT2D eigenvalue weighted by Gasteiger charge is -2.27. The summed E-state index contributed by atoms with van der Waals surface area (Å²) in [5, 5.41) is 11.6. The van der Waals surface area contributed by atoms with Crippen LogP contribution in [0.1, 0.15) is 53.9 Å². The monoisotopic (exact) mass is 529 g/mol. The van der Waals surface area contributed by atoms with Gasteiger partial charge in [-0.3, -0.25) is 14.5 Å². The summed E-state index contributed by atoms with van der Waals surface area (Å²) < 4.78 is 16.5. The first-order valence-corrected chi connectivity index (χ1v) is 12.9. The molecule has 0 aromatic heterocycles. The third-order valence-electron chi connectivity index (χ3n) is 6.38. The van der Waals surface area contributed by atoms with E-state index in [9.17, 15) is 19.5 Å². The Hall–Kier alpha value is -4.59. The van der Waals surface area contributed by atoms with E-state index in [1.165, 1.54) is 11.0 Å². The van der Waals surface area contributed by atoms with Crippen molar-refractivity contribution in [3.63, 3.8) is 0 Å². The molecule has 8 nitrogen and oxygen atoms in total. The predicted octanol–water partition coefficient (Wildman–Crippen LogP) is 5.60. The summed E-state index contributed by atoms with van der Waals surface area (Å²) in [5.41, 5.74) is 2.22. The number of esters is 1. The van der Waals surface area contributed by atoms with Gasteiger partial charge in [-0.15, -0.1) is 0 Å². The Bertz CT molecular complexity index is 1440. The molecule has 0 spiro atoms. The van der Waals surface area contributed by atoms with Gasteiger partial charge >= 0.3 is 5.97 Å². The van der Waals surface area contributed by atoms with Crippen LogP contribution in [-0.2, 0) is 14.3 Å². The number of aryl methyl sites for hydroxylation is 1. The molecule has 8 heteroatoms. The average Bonchev–Trinajstić information content (AvgIpc) is 3.19. The van der Waals surface area contributed by atoms with Crippen LogP contribution in [0.15, 0.2) is 72.3 Å². The molecule has 1 atom stereocenters. The van der Waals surface area contributed by atoms with E-state index in [1.54, 1.807) is 56.3 Å². The van der Waals surface area contributed by atoms with Crippen LogP contribution in [0.5, 0.6) is 11.5 Å². The van der Waals surface area contributed by atoms with Gasteiger partial charge in [-0.1, -0.05) is 30.3 Å². The normalized spacial score (nSPS) is 16.3. The molecular formula is C31H31NO7. The highest BCUT2D eigenvalue weighted by molar-refractivity contribution is 6.51. The van der Waals surface area contributed by atoms with Crippen LogP contribution in [0, 0.1) is 6.92 Å². The van der Waals surface area contributed by atoms with E-state index in [1.807, 2.05) is 32.0 Å². The summed E-state index contributed by atoms with van der Waals surface area (Å²) in [4.78, 5) is 40.9. The van der Waals surface area contributed by atoms with Gasteiger partial charge in [-0.2, -0.15) is 0 Å². The van der Waals surface area contributed by atoms with Crippen molar-refractivity contribution in [1.82, 2.24) is 0 Å². The lowest BCUT2D eigenvalue weighted by molar-refractivity contribution is -0.132. The van der Waals surface area contributed by atoms with Gasteiger partial charge in [0, 0.05) is 11.8 Å². The minimum Gasteiger partial charge on any atom is -0.507 e. The fraction of sp³-hybridized carbons (Fsp3) is 0.258. The van der Waals surface area contributed by atoms with Crippen LogP contribution in [0.25, 0.3) is 5.76 Å². The first-order valence-electron chi connectivity index (χ1n) is 12.9. The maximum Gasteiger partial charge on any atom is 0.338 e. The number of ether oxygens (including phenoxy) is 3. The van der Waals surface area contributed by atoms with Gasteiger partial charge in [0.15, 0.2) is 0 Å². The molecule has 39 heavy (non-hydrogen) atoms. The van der Waals surface area contributed by atoms with E-state index < -0.39 is 23.7 Å². The van der Waals surface area contributed by atoms with Gasteiger partial charge in [0.2, 0.25) is 0 Å². The summed E-state index contributed by atoms with van der Waals surface area (Å²) >= 11 is 0. The van der Waals surface area contributed by atoms with E-state index in [-0.39, 0.29) is 29.1 Å². The number of anilines is 1. The van der Waals surface area contributed by atoms with Crippen molar-refractivity contribution in [1.29, 1.82) is 0 Å². The number of amides is 1. The summed E-state index contributed by atoms with van der Waals surface area (Å²) in [6.07, 6.45) is 0. The van der Waals surface area contributed by atoms with Crippen molar-refractivity contribution in [2.24, 2.45) is 0 Å². The number of hydrogen-bond donors (Lipinski definition) is 1. The number of rotatable bonds is 9. The van der Waals surface area contributed by atoms with Crippen LogP contribution < -0.4 is 14.4 Å². The molecular weight excluding hydrogens is 498 g/mol. The van der Waals surface area contributed by atoms with E-state index in [0.29, 0.717) is 36.0 Å². The first-order chi connectivity index (χ1) is 18.8. The number of Topliss-reactive ketones (excluding diaryl/α,β-unsaturated/α-hetero) is 1. The van der Waals surface area contributed by atoms with Crippen molar-refractivity contribution in [2.75, 3.05) is 24.7 Å². The van der Waals surface area contributed by atoms with E-state index in [2.05, 4.69) is 0 Å². The largest absolute Gasteiger partial charge is 0.507 e.